The van der Waals surface area contributed by atoms with Gasteiger partial charge >= 0.3 is 6.03 Å². The highest BCUT2D eigenvalue weighted by Crippen LogP contribution is 2.04. The van der Waals surface area contributed by atoms with Crippen molar-refractivity contribution in [3.8, 4) is 0 Å². The summed E-state index contributed by atoms with van der Waals surface area (Å²) in [6, 6.07) is -0.574. The zero-order valence-corrected chi connectivity index (χ0v) is 12.4. The minimum atomic E-state index is -0.620. The molecule has 3 unspecified atom stereocenters. The van der Waals surface area contributed by atoms with Gasteiger partial charge in [0.15, 0.2) is 0 Å². The van der Waals surface area contributed by atoms with E-state index in [1.54, 1.807) is 21.0 Å². The van der Waals surface area contributed by atoms with E-state index in [4.69, 9.17) is 9.84 Å². The Labute approximate surface area is 115 Å². The maximum Gasteiger partial charge on any atom is 0.317 e. The average Bonchev–Trinajstić information content (AvgIpc) is 2.38. The minimum absolute atomic E-state index is 0.126. The van der Waals surface area contributed by atoms with Gasteiger partial charge in [0.1, 0.15) is 0 Å². The summed E-state index contributed by atoms with van der Waals surface area (Å²) >= 11 is 0. The summed E-state index contributed by atoms with van der Waals surface area (Å²) in [7, 11) is 1.65. The highest BCUT2D eigenvalue weighted by molar-refractivity contribution is 5.74. The summed E-state index contributed by atoms with van der Waals surface area (Å²) in [6.45, 7) is 6.70. The number of rotatable bonds is 9. The second kappa shape index (κ2) is 10.00. The molecule has 6 nitrogen and oxygen atoms in total. The molecule has 19 heavy (non-hydrogen) atoms. The first-order valence-electron chi connectivity index (χ1n) is 6.74. The highest BCUT2D eigenvalue weighted by Gasteiger charge is 2.21. The first-order valence-corrected chi connectivity index (χ1v) is 6.74. The number of carbonyl (C=O) groups excluding carboxylic acids is 1. The molecule has 0 aromatic rings. The van der Waals surface area contributed by atoms with E-state index in [1.807, 2.05) is 6.92 Å². The van der Waals surface area contributed by atoms with Gasteiger partial charge in [0, 0.05) is 26.8 Å². The number of carbonyl (C=O) groups is 1. The fourth-order valence-electron chi connectivity index (χ4n) is 1.63. The SMILES string of the molecule is COCCC(C)CNC(=O)N(CC(C)O)C(C)CO. The molecule has 0 aliphatic heterocycles. The predicted octanol–water partition coefficient (Wildman–Crippen LogP) is 0.432. The number of aliphatic hydroxyl groups is 2. The van der Waals surface area contributed by atoms with Crippen molar-refractivity contribution in [3.63, 3.8) is 0 Å². The van der Waals surface area contributed by atoms with Gasteiger partial charge in [0.2, 0.25) is 0 Å². The molecule has 114 valence electrons. The third-order valence-corrected chi connectivity index (χ3v) is 2.93. The van der Waals surface area contributed by atoms with E-state index < -0.39 is 6.10 Å². The molecular formula is C13H28N2O4. The summed E-state index contributed by atoms with van der Waals surface area (Å²) in [6.07, 6.45) is 0.258. The zero-order chi connectivity index (χ0) is 14.8. The molecule has 2 amide bonds. The highest BCUT2D eigenvalue weighted by atomic mass is 16.5. The summed E-state index contributed by atoms with van der Waals surface area (Å²) in [5.41, 5.74) is 0. The van der Waals surface area contributed by atoms with Gasteiger partial charge in [-0.25, -0.2) is 4.79 Å². The summed E-state index contributed by atoms with van der Waals surface area (Å²) < 4.78 is 4.99. The molecule has 6 heteroatoms. The van der Waals surface area contributed by atoms with E-state index in [2.05, 4.69) is 5.32 Å². The van der Waals surface area contributed by atoms with Crippen LogP contribution < -0.4 is 5.32 Å². The molecule has 0 heterocycles. The van der Waals surface area contributed by atoms with Gasteiger partial charge in [0.05, 0.1) is 18.8 Å². The third kappa shape index (κ3) is 8.02. The molecule has 0 aliphatic carbocycles. The number of aliphatic hydroxyl groups excluding tert-OH is 2. The Morgan fingerprint density at radius 3 is 2.47 bits per heavy atom. The van der Waals surface area contributed by atoms with Gasteiger partial charge in [-0.15, -0.1) is 0 Å². The monoisotopic (exact) mass is 276 g/mol. The first-order chi connectivity index (χ1) is 8.92. The van der Waals surface area contributed by atoms with Gasteiger partial charge in [0.25, 0.3) is 0 Å². The molecule has 0 rings (SSSR count). The molecule has 3 N–H and O–H groups in total. The van der Waals surface area contributed by atoms with Crippen LogP contribution in [-0.2, 0) is 4.74 Å². The summed E-state index contributed by atoms with van der Waals surface area (Å²) in [5.74, 6) is 0.321. The molecule has 0 aromatic heterocycles. The third-order valence-electron chi connectivity index (χ3n) is 2.93. The van der Waals surface area contributed by atoms with Crippen molar-refractivity contribution in [3.05, 3.63) is 0 Å². The van der Waals surface area contributed by atoms with Crippen molar-refractivity contribution in [2.45, 2.75) is 39.3 Å². The second-order valence-electron chi connectivity index (χ2n) is 5.11. The van der Waals surface area contributed by atoms with Crippen LogP contribution in [0.3, 0.4) is 0 Å². The number of amides is 2. The van der Waals surface area contributed by atoms with Crippen LogP contribution in [0.15, 0.2) is 0 Å². The van der Waals surface area contributed by atoms with E-state index in [0.717, 1.165) is 6.42 Å². The number of urea groups is 1. The minimum Gasteiger partial charge on any atom is -0.394 e. The van der Waals surface area contributed by atoms with E-state index in [1.165, 1.54) is 4.90 Å². The van der Waals surface area contributed by atoms with E-state index >= 15 is 0 Å². The number of nitrogens with zero attached hydrogens (tertiary/aromatic N) is 1. The van der Waals surface area contributed by atoms with Crippen molar-refractivity contribution >= 4 is 6.03 Å². The predicted molar refractivity (Wildman–Crippen MR) is 74.0 cm³/mol. The Bertz CT molecular complexity index is 249. The molecular weight excluding hydrogens is 248 g/mol. The van der Waals surface area contributed by atoms with Crippen LogP contribution in [0.4, 0.5) is 4.79 Å². The van der Waals surface area contributed by atoms with Crippen molar-refractivity contribution in [1.29, 1.82) is 0 Å². The van der Waals surface area contributed by atoms with Crippen LogP contribution in [0.5, 0.6) is 0 Å². The number of hydrogen-bond donors (Lipinski definition) is 3. The van der Waals surface area contributed by atoms with Gasteiger partial charge in [-0.1, -0.05) is 6.92 Å². The van der Waals surface area contributed by atoms with Crippen molar-refractivity contribution in [1.82, 2.24) is 10.2 Å². The van der Waals surface area contributed by atoms with Crippen LogP contribution in [0.1, 0.15) is 27.2 Å². The lowest BCUT2D eigenvalue weighted by Gasteiger charge is -2.29. The molecule has 0 aromatic carbocycles. The summed E-state index contributed by atoms with van der Waals surface area (Å²) in [4.78, 5) is 13.5. The van der Waals surface area contributed by atoms with E-state index in [9.17, 15) is 9.90 Å². The number of nitrogens with one attached hydrogen (secondary N) is 1. The lowest BCUT2D eigenvalue weighted by atomic mass is 10.1. The molecule has 0 spiro atoms. The maximum atomic E-state index is 12.0. The van der Waals surface area contributed by atoms with E-state index in [0.29, 0.717) is 19.1 Å². The Kier molecular flexibility index (Phi) is 9.55. The molecule has 0 saturated carbocycles. The number of ether oxygens (including phenoxy) is 1. The molecule has 0 fully saturated rings. The fraction of sp³-hybridized carbons (Fsp3) is 0.923. The van der Waals surface area contributed by atoms with Crippen molar-refractivity contribution < 1.29 is 19.7 Å². The molecule has 3 atom stereocenters. The summed E-state index contributed by atoms with van der Waals surface area (Å²) in [5, 5.41) is 21.4. The van der Waals surface area contributed by atoms with E-state index in [-0.39, 0.29) is 25.2 Å². The van der Waals surface area contributed by atoms with Crippen LogP contribution in [0, 0.1) is 5.92 Å². The Hall–Kier alpha value is -0.850. The van der Waals surface area contributed by atoms with Crippen LogP contribution in [0.25, 0.3) is 0 Å². The molecule has 0 radical (unpaired) electrons. The van der Waals surface area contributed by atoms with Crippen molar-refractivity contribution in [2.24, 2.45) is 5.92 Å². The lowest BCUT2D eigenvalue weighted by Crippen LogP contribution is -2.50. The number of methoxy groups -OCH3 is 1. The second-order valence-corrected chi connectivity index (χ2v) is 5.11. The zero-order valence-electron chi connectivity index (χ0n) is 12.4. The Morgan fingerprint density at radius 2 is 2.00 bits per heavy atom. The normalized spacial score (nSPS) is 15.7. The Morgan fingerprint density at radius 1 is 1.37 bits per heavy atom. The molecule has 0 saturated heterocycles. The topological polar surface area (TPSA) is 82.0 Å². The molecule has 0 bridgehead atoms. The largest absolute Gasteiger partial charge is 0.394 e. The van der Waals surface area contributed by atoms with Crippen LogP contribution in [-0.4, -0.2) is 66.7 Å². The lowest BCUT2D eigenvalue weighted by molar-refractivity contribution is 0.0930. The van der Waals surface area contributed by atoms with Crippen LogP contribution >= 0.6 is 0 Å². The quantitative estimate of drug-likeness (QED) is 0.570. The first kappa shape index (κ1) is 18.1. The molecule has 0 aliphatic rings. The van der Waals surface area contributed by atoms with Gasteiger partial charge in [-0.2, -0.15) is 0 Å². The van der Waals surface area contributed by atoms with Gasteiger partial charge < -0.3 is 25.2 Å². The average molecular weight is 276 g/mol. The maximum absolute atomic E-state index is 12.0. The van der Waals surface area contributed by atoms with Gasteiger partial charge in [-0.3, -0.25) is 0 Å². The number of hydrogen-bond acceptors (Lipinski definition) is 4. The van der Waals surface area contributed by atoms with Gasteiger partial charge in [-0.05, 0) is 26.2 Å². The van der Waals surface area contributed by atoms with Crippen LogP contribution in [0.2, 0.25) is 0 Å². The standard InChI is InChI=1S/C13H28N2O4/c1-10(5-6-19-4)7-14-13(18)15(8-12(3)17)11(2)9-16/h10-12,16-17H,5-9H2,1-4H3,(H,14,18). The Balaban J connectivity index is 4.24. The fourth-order valence-corrected chi connectivity index (χ4v) is 1.63. The smallest absolute Gasteiger partial charge is 0.317 e. The van der Waals surface area contributed by atoms with Crippen molar-refractivity contribution in [2.75, 3.05) is 33.4 Å².